The van der Waals surface area contributed by atoms with Crippen molar-refractivity contribution >= 4 is 41.1 Å². The summed E-state index contributed by atoms with van der Waals surface area (Å²) in [7, 11) is 0. The zero-order valence-electron chi connectivity index (χ0n) is 14.4. The van der Waals surface area contributed by atoms with E-state index in [1.54, 1.807) is 12.4 Å². The van der Waals surface area contributed by atoms with Crippen molar-refractivity contribution in [2.45, 2.75) is 32.9 Å². The van der Waals surface area contributed by atoms with Crippen LogP contribution in [0.4, 0.5) is 0 Å². The molecule has 2 aliphatic rings. The first-order chi connectivity index (χ1) is 11.3. The van der Waals surface area contributed by atoms with Gasteiger partial charge in [0, 0.05) is 10.8 Å². The SMILES string of the molecule is Cc1ncsc1/C=C\SC1=C(C(=O)[O-])N2C(=O)[C@H]([C@@H](C)O)[C@H]2[C@H]1C.[Na+]. The maximum Gasteiger partial charge on any atom is 1.00 e. The average molecular weight is 388 g/mol. The van der Waals surface area contributed by atoms with Crippen LogP contribution in [-0.2, 0) is 9.59 Å². The van der Waals surface area contributed by atoms with Gasteiger partial charge in [0.2, 0.25) is 5.91 Å². The van der Waals surface area contributed by atoms with Crippen molar-refractivity contribution in [3.05, 3.63) is 32.1 Å². The molecule has 1 fully saturated rings. The Bertz CT molecular complexity index is 759. The molecule has 25 heavy (non-hydrogen) atoms. The molecule has 0 aromatic carbocycles. The molecule has 3 rings (SSSR count). The summed E-state index contributed by atoms with van der Waals surface area (Å²) in [5.41, 5.74) is 2.60. The maximum atomic E-state index is 12.2. The van der Waals surface area contributed by atoms with Gasteiger partial charge < -0.3 is 19.9 Å². The van der Waals surface area contributed by atoms with E-state index in [2.05, 4.69) is 4.98 Å². The number of thiazole rings is 1. The monoisotopic (exact) mass is 388 g/mol. The molecule has 0 radical (unpaired) electrons. The van der Waals surface area contributed by atoms with Gasteiger partial charge in [-0.2, -0.15) is 0 Å². The molecule has 2 aliphatic heterocycles. The van der Waals surface area contributed by atoms with Gasteiger partial charge in [0.25, 0.3) is 0 Å². The standard InChI is InChI=1S/C16H18N2O4S2.Na/c1-7-12-11(9(3)19)15(20)18(12)13(16(21)22)14(7)23-5-4-10-8(2)17-6-24-10;/h4-7,9,11-12,19H,1-3H3,(H,21,22);/q;+1/p-1/b5-4-;/t7-,9-,11-,12-;/m1./s1. The Hall–Kier alpha value is -0.640. The molecule has 1 aromatic heterocycles. The topological polar surface area (TPSA) is 93.6 Å². The minimum atomic E-state index is -1.35. The molecule has 9 heteroatoms. The molecule has 6 nitrogen and oxygen atoms in total. The number of thioether (sulfide) groups is 1. The van der Waals surface area contributed by atoms with Crippen LogP contribution in [0, 0.1) is 18.8 Å². The Kier molecular flexibility index (Phi) is 6.56. The Morgan fingerprint density at radius 2 is 2.24 bits per heavy atom. The van der Waals surface area contributed by atoms with Crippen LogP contribution in [-0.4, -0.2) is 39.0 Å². The largest absolute Gasteiger partial charge is 1.00 e. The first-order valence-electron chi connectivity index (χ1n) is 7.54. The van der Waals surface area contributed by atoms with Gasteiger partial charge in [-0.15, -0.1) is 11.3 Å². The second-order valence-corrected chi connectivity index (χ2v) is 7.81. The number of aryl methyl sites for hydroxylation is 1. The van der Waals surface area contributed by atoms with E-state index in [9.17, 15) is 19.8 Å². The molecule has 0 bridgehead atoms. The molecular weight excluding hydrogens is 371 g/mol. The number of nitrogens with zero attached hydrogens (tertiary/aromatic N) is 2. The number of hydrogen-bond acceptors (Lipinski definition) is 7. The zero-order chi connectivity index (χ0) is 17.6. The van der Waals surface area contributed by atoms with Crippen molar-refractivity contribution in [3.63, 3.8) is 0 Å². The number of carbonyl (C=O) groups is 2. The molecule has 128 valence electrons. The fraction of sp³-hybridized carbons (Fsp3) is 0.438. The van der Waals surface area contributed by atoms with Crippen LogP contribution >= 0.6 is 23.1 Å². The number of aliphatic carboxylic acids is 1. The van der Waals surface area contributed by atoms with E-state index < -0.39 is 18.0 Å². The first-order valence-corrected chi connectivity index (χ1v) is 9.30. The summed E-state index contributed by atoms with van der Waals surface area (Å²) >= 11 is 2.78. The third-order valence-corrected chi connectivity index (χ3v) is 6.49. The van der Waals surface area contributed by atoms with Gasteiger partial charge in [0.1, 0.15) is 0 Å². The van der Waals surface area contributed by atoms with Crippen molar-refractivity contribution in [1.82, 2.24) is 9.88 Å². The van der Waals surface area contributed by atoms with E-state index >= 15 is 0 Å². The van der Waals surface area contributed by atoms with Crippen LogP contribution in [0.3, 0.4) is 0 Å². The van der Waals surface area contributed by atoms with Gasteiger partial charge in [-0.25, -0.2) is 4.98 Å². The van der Waals surface area contributed by atoms with Crippen LogP contribution in [0.2, 0.25) is 0 Å². The van der Waals surface area contributed by atoms with Crippen LogP contribution in [0.25, 0.3) is 6.08 Å². The third-order valence-electron chi connectivity index (χ3n) is 4.50. The molecule has 1 saturated heterocycles. The minimum absolute atomic E-state index is 0. The number of carboxylic acids is 1. The Labute approximate surface area is 176 Å². The number of carbonyl (C=O) groups excluding carboxylic acids is 2. The van der Waals surface area contributed by atoms with Crippen LogP contribution in [0.5, 0.6) is 0 Å². The van der Waals surface area contributed by atoms with Gasteiger partial charge in [0.05, 0.1) is 45.8 Å². The van der Waals surface area contributed by atoms with Crippen molar-refractivity contribution in [2.24, 2.45) is 11.8 Å². The Balaban J connectivity index is 0.00000225. The first kappa shape index (κ1) is 20.7. The van der Waals surface area contributed by atoms with E-state index in [0.717, 1.165) is 10.6 Å². The van der Waals surface area contributed by atoms with Gasteiger partial charge in [-0.3, -0.25) is 4.79 Å². The van der Waals surface area contributed by atoms with E-state index in [1.165, 1.54) is 28.0 Å². The summed E-state index contributed by atoms with van der Waals surface area (Å²) in [6.07, 6.45) is 1.08. The summed E-state index contributed by atoms with van der Waals surface area (Å²) in [6, 6.07) is -0.313. The minimum Gasteiger partial charge on any atom is -0.543 e. The number of amides is 1. The molecule has 0 aliphatic carbocycles. The molecule has 3 heterocycles. The summed E-state index contributed by atoms with van der Waals surface area (Å²) in [6.45, 7) is 5.34. The number of hydrogen-bond donors (Lipinski definition) is 1. The van der Waals surface area contributed by atoms with E-state index in [-0.39, 0.29) is 53.1 Å². The number of aliphatic hydroxyl groups excluding tert-OH is 1. The second-order valence-electron chi connectivity index (χ2n) is 5.98. The normalized spacial score (nSPS) is 26.5. The van der Waals surface area contributed by atoms with Gasteiger partial charge in [0.15, 0.2) is 0 Å². The molecular formula is C16H17N2NaO4S2. The van der Waals surface area contributed by atoms with Crippen LogP contribution in [0.1, 0.15) is 24.4 Å². The molecule has 0 unspecified atom stereocenters. The molecule has 0 spiro atoms. The van der Waals surface area contributed by atoms with Crippen molar-refractivity contribution in [2.75, 3.05) is 0 Å². The van der Waals surface area contributed by atoms with Gasteiger partial charge >= 0.3 is 29.6 Å². The number of aromatic nitrogens is 1. The Morgan fingerprint density at radius 3 is 2.76 bits per heavy atom. The van der Waals surface area contributed by atoms with Crippen LogP contribution < -0.4 is 34.7 Å². The summed E-state index contributed by atoms with van der Waals surface area (Å²) in [5, 5.41) is 23.1. The van der Waals surface area contributed by atoms with Crippen molar-refractivity contribution in [1.29, 1.82) is 0 Å². The summed E-state index contributed by atoms with van der Waals surface area (Å²) in [5.74, 6) is -2.42. The van der Waals surface area contributed by atoms with Crippen LogP contribution in [0.15, 0.2) is 21.5 Å². The van der Waals surface area contributed by atoms with Crippen molar-refractivity contribution < 1.29 is 49.4 Å². The molecule has 1 aromatic rings. The number of carboxylic acid groups (broad SMARTS) is 1. The van der Waals surface area contributed by atoms with Gasteiger partial charge in [-0.1, -0.05) is 18.7 Å². The van der Waals surface area contributed by atoms with E-state index in [0.29, 0.717) is 4.91 Å². The fourth-order valence-electron chi connectivity index (χ4n) is 3.31. The fourth-order valence-corrected chi connectivity index (χ4v) is 5.09. The number of fused-ring (bicyclic) bond motifs is 1. The molecule has 1 N–H and O–H groups in total. The predicted molar refractivity (Wildman–Crippen MR) is 90.5 cm³/mol. The molecule has 0 saturated carbocycles. The number of β-lactam (4-membered cyclic amide) rings is 1. The average Bonchev–Trinajstić information content (AvgIpc) is 3.00. The Morgan fingerprint density at radius 1 is 1.56 bits per heavy atom. The summed E-state index contributed by atoms with van der Waals surface area (Å²) in [4.78, 5) is 30.8. The zero-order valence-corrected chi connectivity index (χ0v) is 18.1. The summed E-state index contributed by atoms with van der Waals surface area (Å²) < 4.78 is 0. The number of rotatable bonds is 5. The second kappa shape index (κ2) is 7.94. The van der Waals surface area contributed by atoms with Gasteiger partial charge in [-0.05, 0) is 25.3 Å². The molecule has 4 atom stereocenters. The smallest absolute Gasteiger partial charge is 0.543 e. The number of aliphatic hydroxyl groups is 1. The third kappa shape index (κ3) is 3.48. The van der Waals surface area contributed by atoms with E-state index in [1.807, 2.05) is 25.3 Å². The molecule has 1 amide bonds. The van der Waals surface area contributed by atoms with Crippen molar-refractivity contribution in [3.8, 4) is 0 Å². The maximum absolute atomic E-state index is 12.2. The van der Waals surface area contributed by atoms with E-state index in [4.69, 9.17) is 0 Å². The predicted octanol–water partition coefficient (Wildman–Crippen LogP) is -2.02. The quantitative estimate of drug-likeness (QED) is 0.462.